The van der Waals surface area contributed by atoms with E-state index < -0.39 is 6.10 Å². The molecule has 0 aromatic carbocycles. The molecule has 0 fully saturated rings. The molecule has 0 unspecified atom stereocenters. The Hall–Kier alpha value is -2.14. The van der Waals surface area contributed by atoms with Crippen LogP contribution in [0.4, 0.5) is 0 Å². The number of carbonyl (C=O) groups is 2. The Balaban J connectivity index is 3.67. The number of hydrogen-bond donors (Lipinski definition) is 1. The Morgan fingerprint density at radius 2 is 1.00 bits per heavy atom. The van der Waals surface area contributed by atoms with Crippen molar-refractivity contribution in [2.75, 3.05) is 13.2 Å². The molecule has 0 rings (SSSR count). The summed E-state index contributed by atoms with van der Waals surface area (Å²) in [6, 6.07) is 0. The van der Waals surface area contributed by atoms with E-state index in [9.17, 15) is 14.7 Å². The molecule has 5 heteroatoms. The average molecular weight is 561 g/mol. The minimum Gasteiger partial charge on any atom is -0.462 e. The Labute approximate surface area is 246 Å². The number of aliphatic hydroxyl groups excluding tert-OH is 1. The maximum atomic E-state index is 12.0. The standard InChI is InChI=1S/C35H60O5/c1-3-5-7-9-11-12-13-14-15-16-17-18-19-20-21-22-24-25-27-29-34(37)39-32-33(31-36)40-35(38)30-28-26-23-10-8-6-4-2/h11-12,14-15,17-18,20-21,33,36H,3-10,13,16,19,22-32H2,1-2H3/b12-11+,15-14+,18-17+,21-20+/t33-/m0/s1. The van der Waals surface area contributed by atoms with Crippen molar-refractivity contribution in [2.24, 2.45) is 0 Å². The first kappa shape index (κ1) is 37.9. The average Bonchev–Trinajstić information content (AvgIpc) is 2.95. The zero-order chi connectivity index (χ0) is 29.4. The van der Waals surface area contributed by atoms with Crippen LogP contribution in [0.25, 0.3) is 0 Å². The van der Waals surface area contributed by atoms with Crippen LogP contribution in [0.5, 0.6) is 0 Å². The summed E-state index contributed by atoms with van der Waals surface area (Å²) in [6.45, 7) is 4.01. The van der Waals surface area contributed by atoms with E-state index in [0.717, 1.165) is 64.2 Å². The fourth-order valence-corrected chi connectivity index (χ4v) is 4.12. The van der Waals surface area contributed by atoms with E-state index in [1.165, 1.54) is 51.4 Å². The van der Waals surface area contributed by atoms with Crippen LogP contribution in [0.2, 0.25) is 0 Å². The number of ether oxygens (including phenoxy) is 2. The fraction of sp³-hybridized carbons (Fsp3) is 0.714. The molecule has 1 atom stereocenters. The van der Waals surface area contributed by atoms with E-state index in [-0.39, 0.29) is 25.2 Å². The first-order valence-electron chi connectivity index (χ1n) is 16.2. The number of esters is 2. The van der Waals surface area contributed by atoms with Crippen LogP contribution in [0.1, 0.15) is 142 Å². The van der Waals surface area contributed by atoms with Gasteiger partial charge in [0.25, 0.3) is 0 Å². The van der Waals surface area contributed by atoms with Crippen LogP contribution in [-0.2, 0) is 19.1 Å². The maximum absolute atomic E-state index is 12.0. The van der Waals surface area contributed by atoms with Crippen molar-refractivity contribution < 1.29 is 24.2 Å². The highest BCUT2D eigenvalue weighted by Crippen LogP contribution is 2.10. The third-order valence-corrected chi connectivity index (χ3v) is 6.63. The summed E-state index contributed by atoms with van der Waals surface area (Å²) in [5.74, 6) is -0.639. The second kappa shape index (κ2) is 31.4. The van der Waals surface area contributed by atoms with Gasteiger partial charge in [0.2, 0.25) is 0 Å². The van der Waals surface area contributed by atoms with E-state index in [1.54, 1.807) is 0 Å². The first-order chi connectivity index (χ1) is 19.6. The normalized spacial score (nSPS) is 12.8. The third kappa shape index (κ3) is 28.9. The molecule has 0 spiro atoms. The lowest BCUT2D eigenvalue weighted by Crippen LogP contribution is -2.28. The van der Waals surface area contributed by atoms with Gasteiger partial charge >= 0.3 is 11.9 Å². The Bertz CT molecular complexity index is 692. The number of hydrogen-bond acceptors (Lipinski definition) is 5. The van der Waals surface area contributed by atoms with Gasteiger partial charge in [0, 0.05) is 12.8 Å². The molecule has 0 aliphatic rings. The minimum atomic E-state index is -0.779. The predicted octanol–water partition coefficient (Wildman–Crippen LogP) is 9.50. The lowest BCUT2D eigenvalue weighted by atomic mass is 10.1. The largest absolute Gasteiger partial charge is 0.462 e. The number of aliphatic hydroxyl groups is 1. The summed E-state index contributed by atoms with van der Waals surface area (Å²) in [6.07, 6.45) is 37.5. The van der Waals surface area contributed by atoms with Crippen LogP contribution in [0, 0.1) is 0 Å². The van der Waals surface area contributed by atoms with Gasteiger partial charge in [-0.2, -0.15) is 0 Å². The predicted molar refractivity (Wildman–Crippen MR) is 168 cm³/mol. The van der Waals surface area contributed by atoms with E-state index in [2.05, 4.69) is 62.5 Å². The molecule has 0 radical (unpaired) electrons. The van der Waals surface area contributed by atoms with Gasteiger partial charge in [-0.1, -0.05) is 120 Å². The monoisotopic (exact) mass is 560 g/mol. The van der Waals surface area contributed by atoms with Crippen molar-refractivity contribution in [1.29, 1.82) is 0 Å². The highest BCUT2D eigenvalue weighted by atomic mass is 16.6. The first-order valence-corrected chi connectivity index (χ1v) is 16.2. The molecule has 0 bridgehead atoms. The van der Waals surface area contributed by atoms with Crippen molar-refractivity contribution in [3.8, 4) is 0 Å². The van der Waals surface area contributed by atoms with Crippen molar-refractivity contribution in [3.05, 3.63) is 48.6 Å². The van der Waals surface area contributed by atoms with Crippen LogP contribution < -0.4 is 0 Å². The number of rotatable bonds is 28. The van der Waals surface area contributed by atoms with Crippen LogP contribution >= 0.6 is 0 Å². The molecular weight excluding hydrogens is 500 g/mol. The number of carbonyl (C=O) groups excluding carboxylic acids is 2. The van der Waals surface area contributed by atoms with Gasteiger partial charge in [-0.15, -0.1) is 0 Å². The molecule has 0 aromatic heterocycles. The zero-order valence-corrected chi connectivity index (χ0v) is 25.8. The SMILES string of the molecule is CCCCC/C=C/C/C=C/C/C=C/C/C=C/CCCCCC(=O)OC[C@H](CO)OC(=O)CCCCCCCCC. The van der Waals surface area contributed by atoms with Crippen molar-refractivity contribution in [2.45, 2.75) is 148 Å². The highest BCUT2D eigenvalue weighted by Gasteiger charge is 2.16. The van der Waals surface area contributed by atoms with Gasteiger partial charge in [0.15, 0.2) is 6.10 Å². The fourth-order valence-electron chi connectivity index (χ4n) is 4.12. The molecule has 0 amide bonds. The Kier molecular flexibility index (Phi) is 29.7. The second-order valence-corrected chi connectivity index (χ2v) is 10.5. The lowest BCUT2D eigenvalue weighted by molar-refractivity contribution is -0.161. The topological polar surface area (TPSA) is 72.8 Å². The maximum Gasteiger partial charge on any atom is 0.306 e. The summed E-state index contributed by atoms with van der Waals surface area (Å²) in [5, 5.41) is 9.44. The van der Waals surface area contributed by atoms with Gasteiger partial charge in [-0.05, 0) is 57.8 Å². The molecule has 1 N–H and O–H groups in total. The highest BCUT2D eigenvalue weighted by molar-refractivity contribution is 5.70. The van der Waals surface area contributed by atoms with Gasteiger partial charge in [-0.3, -0.25) is 9.59 Å². The van der Waals surface area contributed by atoms with Crippen LogP contribution in [0.15, 0.2) is 48.6 Å². The summed E-state index contributed by atoms with van der Waals surface area (Å²) >= 11 is 0. The summed E-state index contributed by atoms with van der Waals surface area (Å²) in [7, 11) is 0. The minimum absolute atomic E-state index is 0.0830. The van der Waals surface area contributed by atoms with Gasteiger partial charge in [0.1, 0.15) is 6.61 Å². The molecule has 0 heterocycles. The number of allylic oxidation sites excluding steroid dienone is 8. The summed E-state index contributed by atoms with van der Waals surface area (Å²) in [4.78, 5) is 23.9. The quantitative estimate of drug-likeness (QED) is 0.0586. The van der Waals surface area contributed by atoms with Crippen molar-refractivity contribution in [3.63, 3.8) is 0 Å². The van der Waals surface area contributed by atoms with Crippen molar-refractivity contribution >= 4 is 11.9 Å². The van der Waals surface area contributed by atoms with Crippen molar-refractivity contribution in [1.82, 2.24) is 0 Å². The molecule has 0 aliphatic carbocycles. The molecule has 0 aromatic rings. The molecule has 0 saturated heterocycles. The van der Waals surface area contributed by atoms with E-state index in [1.807, 2.05) is 0 Å². The third-order valence-electron chi connectivity index (χ3n) is 6.63. The van der Waals surface area contributed by atoms with Gasteiger partial charge in [0.05, 0.1) is 6.61 Å². The van der Waals surface area contributed by atoms with E-state index in [0.29, 0.717) is 12.8 Å². The molecule has 40 heavy (non-hydrogen) atoms. The van der Waals surface area contributed by atoms with Crippen LogP contribution in [-0.4, -0.2) is 36.4 Å². The van der Waals surface area contributed by atoms with E-state index in [4.69, 9.17) is 9.47 Å². The van der Waals surface area contributed by atoms with E-state index >= 15 is 0 Å². The van der Waals surface area contributed by atoms with Gasteiger partial charge in [-0.25, -0.2) is 0 Å². The number of unbranched alkanes of at least 4 members (excludes halogenated alkanes) is 12. The zero-order valence-electron chi connectivity index (χ0n) is 25.8. The second-order valence-electron chi connectivity index (χ2n) is 10.5. The summed E-state index contributed by atoms with van der Waals surface area (Å²) < 4.78 is 10.5. The molecule has 0 saturated carbocycles. The molecular formula is C35H60O5. The molecule has 230 valence electrons. The van der Waals surface area contributed by atoms with Crippen LogP contribution in [0.3, 0.4) is 0 Å². The lowest BCUT2D eigenvalue weighted by Gasteiger charge is -2.15. The Morgan fingerprint density at radius 1 is 0.575 bits per heavy atom. The molecule has 5 nitrogen and oxygen atoms in total. The molecule has 0 aliphatic heterocycles. The van der Waals surface area contributed by atoms with Gasteiger partial charge < -0.3 is 14.6 Å². The Morgan fingerprint density at radius 3 is 1.55 bits per heavy atom. The smallest absolute Gasteiger partial charge is 0.306 e. The summed E-state index contributed by atoms with van der Waals surface area (Å²) in [5.41, 5.74) is 0.